The Bertz CT molecular complexity index is 479. The Labute approximate surface area is 132 Å². The summed E-state index contributed by atoms with van der Waals surface area (Å²) in [5.41, 5.74) is 0.207. The third kappa shape index (κ3) is 4.23. The van der Waals surface area contributed by atoms with E-state index in [1.807, 2.05) is 6.07 Å². The molecule has 2 heterocycles. The standard InChI is InChI=1S/C16H24N4O2/c1-14(21)19-8-10-20(11-9-19)16(22)15(12-17)13-18-6-4-2-3-5-7-18/h13H,2-11H2,1H3/b15-13-. The highest BCUT2D eigenvalue weighted by Crippen LogP contribution is 2.13. The molecule has 0 unspecified atom stereocenters. The predicted octanol–water partition coefficient (Wildman–Crippen LogP) is 0.961. The molecule has 0 aromatic rings. The fraction of sp³-hybridized carbons (Fsp3) is 0.688. The first-order valence-corrected chi connectivity index (χ1v) is 8.02. The van der Waals surface area contributed by atoms with Crippen LogP contribution in [-0.4, -0.2) is 65.8 Å². The summed E-state index contributed by atoms with van der Waals surface area (Å²) in [7, 11) is 0. The van der Waals surface area contributed by atoms with Gasteiger partial charge in [-0.05, 0) is 12.8 Å². The smallest absolute Gasteiger partial charge is 0.266 e. The van der Waals surface area contributed by atoms with Crippen molar-refractivity contribution in [1.29, 1.82) is 5.26 Å². The molecule has 6 nitrogen and oxygen atoms in total. The maximum Gasteiger partial charge on any atom is 0.266 e. The average Bonchev–Trinajstić information content (AvgIpc) is 2.80. The van der Waals surface area contributed by atoms with Crippen molar-refractivity contribution in [3.8, 4) is 6.07 Å². The van der Waals surface area contributed by atoms with Crippen LogP contribution in [0.1, 0.15) is 32.6 Å². The third-order valence-corrected chi connectivity index (χ3v) is 4.32. The van der Waals surface area contributed by atoms with Crippen LogP contribution in [0.5, 0.6) is 0 Å². The summed E-state index contributed by atoms with van der Waals surface area (Å²) in [5.74, 6) is -0.178. The molecular weight excluding hydrogens is 280 g/mol. The number of nitrogens with zero attached hydrogens (tertiary/aromatic N) is 4. The van der Waals surface area contributed by atoms with E-state index >= 15 is 0 Å². The lowest BCUT2D eigenvalue weighted by molar-refractivity contribution is -0.136. The molecule has 2 aliphatic heterocycles. The molecule has 2 fully saturated rings. The zero-order valence-corrected chi connectivity index (χ0v) is 13.3. The molecular formula is C16H24N4O2. The molecule has 2 rings (SSSR count). The zero-order valence-electron chi connectivity index (χ0n) is 13.3. The third-order valence-electron chi connectivity index (χ3n) is 4.32. The molecule has 0 bridgehead atoms. The maximum atomic E-state index is 12.5. The summed E-state index contributed by atoms with van der Waals surface area (Å²) >= 11 is 0. The van der Waals surface area contributed by atoms with Gasteiger partial charge in [0.1, 0.15) is 11.6 Å². The molecule has 2 amide bonds. The van der Waals surface area contributed by atoms with Crippen LogP contribution in [0.25, 0.3) is 0 Å². The maximum absolute atomic E-state index is 12.5. The lowest BCUT2D eigenvalue weighted by Crippen LogP contribution is -2.50. The van der Waals surface area contributed by atoms with Crippen LogP contribution in [0.4, 0.5) is 0 Å². The van der Waals surface area contributed by atoms with Crippen LogP contribution >= 0.6 is 0 Å². The Balaban J connectivity index is 1.97. The van der Waals surface area contributed by atoms with Crippen LogP contribution in [0.15, 0.2) is 11.8 Å². The Morgan fingerprint density at radius 3 is 1.95 bits per heavy atom. The second kappa shape index (κ2) is 7.83. The molecule has 0 aromatic heterocycles. The van der Waals surface area contributed by atoms with Crippen molar-refractivity contribution in [3.63, 3.8) is 0 Å². The highest BCUT2D eigenvalue weighted by Gasteiger charge is 2.25. The zero-order chi connectivity index (χ0) is 15.9. The van der Waals surface area contributed by atoms with E-state index in [9.17, 15) is 14.9 Å². The van der Waals surface area contributed by atoms with Gasteiger partial charge in [0.05, 0.1) is 0 Å². The molecule has 0 aromatic carbocycles. The Kier molecular flexibility index (Phi) is 5.82. The minimum Gasteiger partial charge on any atom is -0.376 e. The molecule has 22 heavy (non-hydrogen) atoms. The summed E-state index contributed by atoms with van der Waals surface area (Å²) in [5, 5.41) is 9.31. The first-order chi connectivity index (χ1) is 10.6. The second-order valence-electron chi connectivity index (χ2n) is 5.90. The molecule has 0 atom stereocenters. The van der Waals surface area contributed by atoms with Gasteiger partial charge in [-0.25, -0.2) is 0 Å². The quantitative estimate of drug-likeness (QED) is 0.563. The SMILES string of the molecule is CC(=O)N1CCN(C(=O)/C(C#N)=C\N2CCCCCC2)CC1. The van der Waals surface area contributed by atoms with Gasteiger partial charge in [0.15, 0.2) is 0 Å². The average molecular weight is 304 g/mol. The number of rotatable bonds is 2. The molecule has 0 saturated carbocycles. The van der Waals surface area contributed by atoms with E-state index in [0.29, 0.717) is 26.2 Å². The summed E-state index contributed by atoms with van der Waals surface area (Å²) in [6.07, 6.45) is 6.38. The van der Waals surface area contributed by atoms with Gasteiger partial charge in [-0.15, -0.1) is 0 Å². The summed E-state index contributed by atoms with van der Waals surface area (Å²) in [4.78, 5) is 29.3. The molecule has 0 N–H and O–H groups in total. The van der Waals surface area contributed by atoms with Crippen LogP contribution in [0, 0.1) is 11.3 Å². The Morgan fingerprint density at radius 1 is 0.909 bits per heavy atom. The van der Waals surface area contributed by atoms with Crippen LogP contribution in [0.3, 0.4) is 0 Å². The van der Waals surface area contributed by atoms with Gasteiger partial charge in [-0.1, -0.05) is 12.8 Å². The van der Waals surface area contributed by atoms with Gasteiger partial charge in [0.25, 0.3) is 5.91 Å². The first-order valence-electron chi connectivity index (χ1n) is 8.02. The van der Waals surface area contributed by atoms with Crippen molar-refractivity contribution >= 4 is 11.8 Å². The van der Waals surface area contributed by atoms with Gasteiger partial charge >= 0.3 is 0 Å². The predicted molar refractivity (Wildman–Crippen MR) is 82.6 cm³/mol. The lowest BCUT2D eigenvalue weighted by Gasteiger charge is -2.34. The van der Waals surface area contributed by atoms with Crippen LogP contribution in [0.2, 0.25) is 0 Å². The first kappa shape index (κ1) is 16.3. The number of likely N-dealkylation sites (tertiary alicyclic amines) is 1. The molecule has 120 valence electrons. The number of hydrogen-bond donors (Lipinski definition) is 0. The van der Waals surface area contributed by atoms with Crippen molar-refractivity contribution in [2.75, 3.05) is 39.3 Å². The lowest BCUT2D eigenvalue weighted by atomic mass is 10.2. The number of piperazine rings is 1. The summed E-state index contributed by atoms with van der Waals surface area (Å²) in [6.45, 7) is 5.45. The highest BCUT2D eigenvalue weighted by molar-refractivity contribution is 5.97. The number of nitriles is 1. The largest absolute Gasteiger partial charge is 0.376 e. The van der Waals surface area contributed by atoms with E-state index in [0.717, 1.165) is 25.9 Å². The van der Waals surface area contributed by atoms with Crippen molar-refractivity contribution < 1.29 is 9.59 Å². The van der Waals surface area contributed by atoms with E-state index in [1.165, 1.54) is 19.8 Å². The molecule has 2 aliphatic rings. The highest BCUT2D eigenvalue weighted by atomic mass is 16.2. The number of hydrogen-bond acceptors (Lipinski definition) is 4. The van der Waals surface area contributed by atoms with Crippen LogP contribution < -0.4 is 0 Å². The van der Waals surface area contributed by atoms with Crippen LogP contribution in [-0.2, 0) is 9.59 Å². The second-order valence-corrected chi connectivity index (χ2v) is 5.90. The normalized spacial score (nSPS) is 20.4. The van der Waals surface area contributed by atoms with E-state index in [-0.39, 0.29) is 17.4 Å². The van der Waals surface area contributed by atoms with E-state index < -0.39 is 0 Å². The summed E-state index contributed by atoms with van der Waals surface area (Å²) in [6, 6.07) is 2.05. The summed E-state index contributed by atoms with van der Waals surface area (Å²) < 4.78 is 0. The van der Waals surface area contributed by atoms with Crippen molar-refractivity contribution in [2.45, 2.75) is 32.6 Å². The Morgan fingerprint density at radius 2 is 1.45 bits per heavy atom. The minimum absolute atomic E-state index is 0.0349. The monoisotopic (exact) mass is 304 g/mol. The van der Waals surface area contributed by atoms with Gasteiger partial charge in [-0.2, -0.15) is 5.26 Å². The van der Waals surface area contributed by atoms with E-state index in [1.54, 1.807) is 16.0 Å². The molecule has 0 aliphatic carbocycles. The number of amides is 2. The van der Waals surface area contributed by atoms with E-state index in [2.05, 4.69) is 4.90 Å². The molecule has 2 saturated heterocycles. The number of carbonyl (C=O) groups excluding carboxylic acids is 2. The topological polar surface area (TPSA) is 67.6 Å². The molecule has 0 spiro atoms. The van der Waals surface area contributed by atoms with Crippen molar-refractivity contribution in [3.05, 3.63) is 11.8 Å². The van der Waals surface area contributed by atoms with Gasteiger partial charge in [-0.3, -0.25) is 9.59 Å². The van der Waals surface area contributed by atoms with Crippen molar-refractivity contribution in [2.24, 2.45) is 0 Å². The van der Waals surface area contributed by atoms with Crippen molar-refractivity contribution in [1.82, 2.24) is 14.7 Å². The molecule has 0 radical (unpaired) electrons. The fourth-order valence-electron chi connectivity index (χ4n) is 2.93. The fourth-order valence-corrected chi connectivity index (χ4v) is 2.93. The van der Waals surface area contributed by atoms with Gasteiger partial charge in [0, 0.05) is 52.4 Å². The number of carbonyl (C=O) groups is 2. The molecule has 6 heteroatoms. The van der Waals surface area contributed by atoms with E-state index in [4.69, 9.17) is 0 Å². The van der Waals surface area contributed by atoms with Gasteiger partial charge < -0.3 is 14.7 Å². The van der Waals surface area contributed by atoms with Gasteiger partial charge in [0.2, 0.25) is 5.91 Å². The Hall–Kier alpha value is -2.03. The minimum atomic E-state index is -0.213.